The van der Waals surface area contributed by atoms with E-state index in [0.717, 1.165) is 16.2 Å². The highest BCUT2D eigenvalue weighted by Crippen LogP contribution is 2.39. The average Bonchev–Trinajstić information content (AvgIpc) is 3.02. The summed E-state index contributed by atoms with van der Waals surface area (Å²) < 4.78 is 0. The summed E-state index contributed by atoms with van der Waals surface area (Å²) in [6, 6.07) is 5.96. The zero-order chi connectivity index (χ0) is 14.8. The Bertz CT molecular complexity index is 760. The number of hydrogen-bond donors (Lipinski definition) is 0. The molecule has 3 heterocycles. The predicted octanol–water partition coefficient (Wildman–Crippen LogP) is 4.73. The van der Waals surface area contributed by atoms with Crippen molar-refractivity contribution in [2.24, 2.45) is 0 Å². The maximum Gasteiger partial charge on any atom is 0.127 e. The van der Waals surface area contributed by atoms with Gasteiger partial charge < -0.3 is 0 Å². The molecule has 0 aliphatic heterocycles. The van der Waals surface area contributed by atoms with Crippen molar-refractivity contribution in [3.63, 3.8) is 0 Å². The van der Waals surface area contributed by atoms with Crippen LogP contribution in [-0.2, 0) is 0 Å². The van der Waals surface area contributed by atoms with Gasteiger partial charge in [-0.2, -0.15) is 0 Å². The zero-order valence-electron chi connectivity index (χ0n) is 12.4. The Balaban J connectivity index is 1.76. The van der Waals surface area contributed by atoms with E-state index >= 15 is 0 Å². The number of thiophene rings is 1. The lowest BCUT2D eigenvalue weighted by molar-refractivity contribution is 0.446. The third-order valence-electron chi connectivity index (χ3n) is 4.45. The van der Waals surface area contributed by atoms with Crippen molar-refractivity contribution < 1.29 is 0 Å². The van der Waals surface area contributed by atoms with Crippen LogP contribution in [0.2, 0.25) is 0 Å². The van der Waals surface area contributed by atoms with Crippen LogP contribution >= 0.6 is 11.3 Å². The van der Waals surface area contributed by atoms with Crippen molar-refractivity contribution in [3.8, 4) is 0 Å². The van der Waals surface area contributed by atoms with Crippen LogP contribution in [0.4, 0.5) is 0 Å². The van der Waals surface area contributed by atoms with Crippen molar-refractivity contribution in [1.29, 1.82) is 0 Å². The number of rotatable bonds is 3. The van der Waals surface area contributed by atoms with Crippen LogP contribution in [0, 0.1) is 6.42 Å². The Hall–Kier alpha value is -1.81. The van der Waals surface area contributed by atoms with Crippen molar-refractivity contribution in [2.75, 3.05) is 0 Å². The van der Waals surface area contributed by atoms with Crippen molar-refractivity contribution in [2.45, 2.75) is 38.0 Å². The van der Waals surface area contributed by atoms with E-state index in [1.165, 1.54) is 43.1 Å². The highest BCUT2D eigenvalue weighted by molar-refractivity contribution is 7.17. The van der Waals surface area contributed by atoms with Gasteiger partial charge in [0.15, 0.2) is 0 Å². The van der Waals surface area contributed by atoms with E-state index in [4.69, 9.17) is 0 Å². The van der Waals surface area contributed by atoms with Gasteiger partial charge in [-0.3, -0.25) is 4.98 Å². The van der Waals surface area contributed by atoms with Crippen LogP contribution in [-0.4, -0.2) is 15.0 Å². The highest BCUT2D eigenvalue weighted by atomic mass is 32.1. The zero-order valence-corrected chi connectivity index (χ0v) is 13.2. The predicted molar refractivity (Wildman–Crippen MR) is 90.0 cm³/mol. The quantitative estimate of drug-likeness (QED) is 0.702. The average molecular weight is 308 g/mol. The molecule has 1 fully saturated rings. The number of aromatic nitrogens is 3. The Kier molecular flexibility index (Phi) is 3.85. The fraction of sp³-hybridized carbons (Fsp3) is 0.333. The van der Waals surface area contributed by atoms with Crippen LogP contribution in [0.15, 0.2) is 36.1 Å². The normalized spacial score (nSPS) is 16.2. The van der Waals surface area contributed by atoms with Gasteiger partial charge in [-0.1, -0.05) is 25.3 Å². The van der Waals surface area contributed by atoms with E-state index < -0.39 is 0 Å². The van der Waals surface area contributed by atoms with Gasteiger partial charge >= 0.3 is 0 Å². The Morgan fingerprint density at radius 2 is 1.95 bits per heavy atom. The SMILES string of the molecule is [CH](c1ccccn1)c1ncnc2scc(C3CCCCC3)c12. The molecule has 22 heavy (non-hydrogen) atoms. The minimum atomic E-state index is 0.671. The van der Waals surface area contributed by atoms with Gasteiger partial charge in [0.1, 0.15) is 11.2 Å². The van der Waals surface area contributed by atoms with Gasteiger partial charge in [0.2, 0.25) is 0 Å². The summed E-state index contributed by atoms with van der Waals surface area (Å²) in [5, 5.41) is 3.54. The molecule has 0 unspecified atom stereocenters. The lowest BCUT2D eigenvalue weighted by Crippen LogP contribution is -2.05. The van der Waals surface area contributed by atoms with Crippen molar-refractivity contribution >= 4 is 21.6 Å². The van der Waals surface area contributed by atoms with Crippen LogP contribution in [0.5, 0.6) is 0 Å². The third kappa shape index (κ3) is 2.63. The molecule has 1 aliphatic carbocycles. The molecule has 3 nitrogen and oxygen atoms in total. The maximum absolute atomic E-state index is 4.53. The van der Waals surface area contributed by atoms with Gasteiger partial charge in [-0.15, -0.1) is 11.3 Å². The monoisotopic (exact) mass is 308 g/mol. The fourth-order valence-electron chi connectivity index (χ4n) is 3.35. The summed E-state index contributed by atoms with van der Waals surface area (Å²) in [4.78, 5) is 14.5. The minimum absolute atomic E-state index is 0.671. The molecule has 4 heteroatoms. The molecule has 0 saturated heterocycles. The number of fused-ring (bicyclic) bond motifs is 1. The van der Waals surface area contributed by atoms with Crippen molar-refractivity contribution in [1.82, 2.24) is 15.0 Å². The summed E-state index contributed by atoms with van der Waals surface area (Å²) in [7, 11) is 0. The highest BCUT2D eigenvalue weighted by Gasteiger charge is 2.21. The molecular weight excluding hydrogens is 290 g/mol. The molecule has 0 amide bonds. The molecule has 0 aromatic carbocycles. The molecule has 1 aliphatic rings. The lowest BCUT2D eigenvalue weighted by Gasteiger charge is -2.21. The van der Waals surface area contributed by atoms with E-state index in [1.807, 2.05) is 24.4 Å². The second kappa shape index (κ2) is 6.13. The first kappa shape index (κ1) is 13.8. The Morgan fingerprint density at radius 1 is 1.05 bits per heavy atom. The van der Waals surface area contributed by atoms with E-state index in [9.17, 15) is 0 Å². The number of pyridine rings is 1. The van der Waals surface area contributed by atoms with Gasteiger partial charge in [-0.05, 0) is 41.8 Å². The fourth-order valence-corrected chi connectivity index (χ4v) is 4.34. The number of hydrogen-bond acceptors (Lipinski definition) is 4. The van der Waals surface area contributed by atoms with E-state index in [-0.39, 0.29) is 0 Å². The maximum atomic E-state index is 4.53. The lowest BCUT2D eigenvalue weighted by atomic mass is 9.84. The van der Waals surface area contributed by atoms with Gasteiger partial charge in [-0.25, -0.2) is 9.97 Å². The van der Waals surface area contributed by atoms with Crippen LogP contribution < -0.4 is 0 Å². The molecule has 0 bridgehead atoms. The second-order valence-electron chi connectivity index (χ2n) is 5.86. The molecule has 111 valence electrons. The molecule has 1 radical (unpaired) electrons. The largest absolute Gasteiger partial charge is 0.261 e. The molecular formula is C18H18N3S. The first-order chi connectivity index (χ1) is 10.9. The minimum Gasteiger partial charge on any atom is -0.261 e. The first-order valence-corrected chi connectivity index (χ1v) is 8.77. The van der Waals surface area contributed by atoms with Gasteiger partial charge in [0.05, 0.1) is 17.8 Å². The van der Waals surface area contributed by atoms with Crippen LogP contribution in [0.1, 0.15) is 55.0 Å². The summed E-state index contributed by atoms with van der Waals surface area (Å²) in [6.45, 7) is 0. The molecule has 3 aromatic heterocycles. The standard InChI is InChI=1S/C18H18N3S/c1-2-6-13(7-3-1)15-11-22-18-17(15)16(20-12-21-18)10-14-8-4-5-9-19-14/h4-5,8-13H,1-3,6-7H2. The summed E-state index contributed by atoms with van der Waals surface area (Å²) in [6.07, 6.45) is 12.2. The summed E-state index contributed by atoms with van der Waals surface area (Å²) >= 11 is 1.74. The smallest absolute Gasteiger partial charge is 0.127 e. The molecule has 0 atom stereocenters. The van der Waals surface area contributed by atoms with Crippen LogP contribution in [0.25, 0.3) is 10.2 Å². The molecule has 4 rings (SSSR count). The number of nitrogens with zero attached hydrogens (tertiary/aromatic N) is 3. The Labute approximate surface area is 134 Å². The Morgan fingerprint density at radius 3 is 2.77 bits per heavy atom. The van der Waals surface area contributed by atoms with E-state index in [1.54, 1.807) is 17.7 Å². The first-order valence-electron chi connectivity index (χ1n) is 7.90. The van der Waals surface area contributed by atoms with Crippen molar-refractivity contribution in [3.05, 3.63) is 59.5 Å². The van der Waals surface area contributed by atoms with E-state index in [2.05, 4.69) is 26.8 Å². The van der Waals surface area contributed by atoms with E-state index in [0.29, 0.717) is 5.92 Å². The topological polar surface area (TPSA) is 38.7 Å². The van der Waals surface area contributed by atoms with Gasteiger partial charge in [0, 0.05) is 11.6 Å². The molecule has 0 spiro atoms. The second-order valence-corrected chi connectivity index (χ2v) is 6.72. The molecule has 1 saturated carbocycles. The summed E-state index contributed by atoms with van der Waals surface area (Å²) in [5.74, 6) is 0.671. The third-order valence-corrected chi connectivity index (χ3v) is 5.35. The van der Waals surface area contributed by atoms with Crippen LogP contribution in [0.3, 0.4) is 0 Å². The molecule has 3 aromatic rings. The van der Waals surface area contributed by atoms with Gasteiger partial charge in [0.25, 0.3) is 0 Å². The summed E-state index contributed by atoms with van der Waals surface area (Å²) in [5.41, 5.74) is 3.40. The molecule has 0 N–H and O–H groups in total.